The lowest BCUT2D eigenvalue weighted by molar-refractivity contribution is 0.0659. The van der Waals surface area contributed by atoms with E-state index in [2.05, 4.69) is 25.2 Å². The lowest BCUT2D eigenvalue weighted by Gasteiger charge is -2.13. The molecule has 0 fully saturated rings. The number of benzene rings is 1. The van der Waals surface area contributed by atoms with Gasteiger partial charge >= 0.3 is 5.97 Å². The molecule has 0 aliphatic carbocycles. The number of carbonyl (C=O) groups is 1. The minimum atomic E-state index is -1.03. The number of anilines is 1. The summed E-state index contributed by atoms with van der Waals surface area (Å²) < 4.78 is 5.34. The molecule has 0 aliphatic rings. The summed E-state index contributed by atoms with van der Waals surface area (Å²) in [5.74, 6) is 0.0281. The highest BCUT2D eigenvalue weighted by Crippen LogP contribution is 2.24. The minimum Gasteiger partial charge on any atom is -0.475 e. The summed E-state index contributed by atoms with van der Waals surface area (Å²) in [6.07, 6.45) is 0. The monoisotopic (exact) mass is 273 g/mol. The molecule has 4 heteroatoms. The van der Waals surface area contributed by atoms with Crippen LogP contribution in [0.4, 0.5) is 5.69 Å². The van der Waals surface area contributed by atoms with Crippen molar-refractivity contribution in [1.82, 2.24) is 0 Å². The Balaban J connectivity index is 2.13. The Morgan fingerprint density at radius 3 is 2.65 bits per heavy atom. The highest BCUT2D eigenvalue weighted by molar-refractivity contribution is 5.86. The summed E-state index contributed by atoms with van der Waals surface area (Å²) in [6, 6.07) is 9.85. The van der Waals surface area contributed by atoms with Crippen molar-refractivity contribution >= 4 is 11.7 Å². The zero-order valence-corrected chi connectivity index (χ0v) is 11.9. The first-order valence-electron chi connectivity index (χ1n) is 6.64. The number of aryl methyl sites for hydroxylation is 1. The Kier molecular flexibility index (Phi) is 4.13. The van der Waals surface area contributed by atoms with Crippen molar-refractivity contribution in [2.75, 3.05) is 5.32 Å². The normalized spacial score (nSPS) is 10.8. The second-order valence-electron chi connectivity index (χ2n) is 5.13. The van der Waals surface area contributed by atoms with Gasteiger partial charge in [0.25, 0.3) is 0 Å². The fourth-order valence-electron chi connectivity index (χ4n) is 2.19. The van der Waals surface area contributed by atoms with Gasteiger partial charge in [-0.2, -0.15) is 0 Å². The number of carboxylic acids is 1. The lowest BCUT2D eigenvalue weighted by atomic mass is 10.0. The van der Waals surface area contributed by atoms with Crippen LogP contribution in [0, 0.1) is 6.92 Å². The molecule has 1 heterocycles. The Labute approximate surface area is 118 Å². The molecular formula is C16H19NO3. The van der Waals surface area contributed by atoms with Gasteiger partial charge < -0.3 is 14.8 Å². The molecule has 0 bridgehead atoms. The van der Waals surface area contributed by atoms with Gasteiger partial charge in [-0.15, -0.1) is 0 Å². The molecule has 0 saturated carbocycles. The minimum absolute atomic E-state index is 0.0129. The van der Waals surface area contributed by atoms with Crippen LogP contribution in [0.2, 0.25) is 0 Å². The van der Waals surface area contributed by atoms with Gasteiger partial charge in [-0.1, -0.05) is 32.0 Å². The second kappa shape index (κ2) is 5.82. The molecule has 0 saturated heterocycles. The Morgan fingerprint density at radius 1 is 1.35 bits per heavy atom. The average Bonchev–Trinajstić information content (AvgIpc) is 2.78. The number of furan rings is 1. The van der Waals surface area contributed by atoms with Crippen LogP contribution in [0.5, 0.6) is 0 Å². The second-order valence-corrected chi connectivity index (χ2v) is 5.13. The third-order valence-electron chi connectivity index (χ3n) is 3.20. The number of para-hydroxylation sites is 1. The van der Waals surface area contributed by atoms with Gasteiger partial charge in [-0.25, -0.2) is 4.79 Å². The van der Waals surface area contributed by atoms with E-state index >= 15 is 0 Å². The van der Waals surface area contributed by atoms with Crippen LogP contribution in [-0.4, -0.2) is 11.1 Å². The maximum Gasteiger partial charge on any atom is 0.372 e. The maximum absolute atomic E-state index is 10.9. The Morgan fingerprint density at radius 2 is 2.05 bits per heavy atom. The summed E-state index contributed by atoms with van der Waals surface area (Å²) in [7, 11) is 0. The number of hydrogen-bond donors (Lipinski definition) is 2. The first kappa shape index (κ1) is 14.2. The molecule has 0 atom stereocenters. The molecule has 0 radical (unpaired) electrons. The average molecular weight is 273 g/mol. The fraction of sp³-hybridized carbons (Fsp3) is 0.312. The van der Waals surface area contributed by atoms with Gasteiger partial charge in [0.05, 0.1) is 6.54 Å². The van der Waals surface area contributed by atoms with Crippen LogP contribution in [0.15, 0.2) is 34.7 Å². The molecule has 4 nitrogen and oxygen atoms in total. The highest BCUT2D eigenvalue weighted by atomic mass is 16.4. The van der Waals surface area contributed by atoms with Crippen molar-refractivity contribution < 1.29 is 14.3 Å². The van der Waals surface area contributed by atoms with Crippen molar-refractivity contribution in [2.45, 2.75) is 33.2 Å². The third kappa shape index (κ3) is 3.02. The van der Waals surface area contributed by atoms with E-state index in [1.165, 1.54) is 5.56 Å². The molecule has 1 aromatic carbocycles. The fourth-order valence-corrected chi connectivity index (χ4v) is 2.19. The van der Waals surface area contributed by atoms with Crippen molar-refractivity contribution in [2.24, 2.45) is 0 Å². The molecule has 0 unspecified atom stereocenters. The summed E-state index contributed by atoms with van der Waals surface area (Å²) >= 11 is 0. The summed E-state index contributed by atoms with van der Waals surface area (Å²) in [5, 5.41) is 12.3. The summed E-state index contributed by atoms with van der Waals surface area (Å²) in [4.78, 5) is 10.9. The van der Waals surface area contributed by atoms with E-state index in [1.54, 1.807) is 13.0 Å². The van der Waals surface area contributed by atoms with E-state index in [1.807, 2.05) is 18.2 Å². The van der Waals surface area contributed by atoms with E-state index in [0.717, 1.165) is 5.69 Å². The summed E-state index contributed by atoms with van der Waals surface area (Å²) in [6.45, 7) is 6.48. The van der Waals surface area contributed by atoms with Crippen LogP contribution < -0.4 is 5.32 Å². The van der Waals surface area contributed by atoms with Crippen LogP contribution in [-0.2, 0) is 6.54 Å². The highest BCUT2D eigenvalue weighted by Gasteiger charge is 2.14. The van der Waals surface area contributed by atoms with Crippen molar-refractivity contribution in [3.8, 4) is 0 Å². The number of hydrogen-bond acceptors (Lipinski definition) is 3. The van der Waals surface area contributed by atoms with E-state index in [-0.39, 0.29) is 5.76 Å². The largest absolute Gasteiger partial charge is 0.475 e. The third-order valence-corrected chi connectivity index (χ3v) is 3.20. The maximum atomic E-state index is 10.9. The van der Waals surface area contributed by atoms with E-state index in [9.17, 15) is 4.79 Å². The first-order chi connectivity index (χ1) is 9.49. The topological polar surface area (TPSA) is 62.5 Å². The Bertz CT molecular complexity index is 614. The smallest absolute Gasteiger partial charge is 0.372 e. The number of aromatic carboxylic acids is 1. The van der Waals surface area contributed by atoms with Gasteiger partial charge in [0, 0.05) is 11.3 Å². The molecule has 0 spiro atoms. The predicted molar refractivity (Wildman–Crippen MR) is 78.3 cm³/mol. The van der Waals surface area contributed by atoms with E-state index in [0.29, 0.717) is 23.8 Å². The van der Waals surface area contributed by atoms with Crippen LogP contribution in [0.25, 0.3) is 0 Å². The molecule has 0 aliphatic heterocycles. The number of nitrogens with one attached hydrogen (secondary N) is 1. The van der Waals surface area contributed by atoms with Gasteiger partial charge in [0.15, 0.2) is 0 Å². The van der Waals surface area contributed by atoms with Crippen molar-refractivity contribution in [1.29, 1.82) is 0 Å². The molecule has 1 aromatic heterocycles. The van der Waals surface area contributed by atoms with Crippen LogP contribution in [0.3, 0.4) is 0 Å². The van der Waals surface area contributed by atoms with Crippen molar-refractivity contribution in [3.63, 3.8) is 0 Å². The quantitative estimate of drug-likeness (QED) is 0.863. The zero-order valence-electron chi connectivity index (χ0n) is 11.9. The number of rotatable bonds is 5. The molecule has 2 N–H and O–H groups in total. The van der Waals surface area contributed by atoms with Crippen LogP contribution >= 0.6 is 0 Å². The molecule has 2 aromatic rings. The van der Waals surface area contributed by atoms with Gasteiger partial charge in [-0.3, -0.25) is 0 Å². The number of carboxylic acid groups (broad SMARTS) is 1. The lowest BCUT2D eigenvalue weighted by Crippen LogP contribution is -2.02. The SMILES string of the molecule is Cc1cc(CNc2ccccc2C(C)C)oc1C(=O)O. The zero-order chi connectivity index (χ0) is 14.7. The molecule has 106 valence electrons. The van der Waals surface area contributed by atoms with E-state index in [4.69, 9.17) is 9.52 Å². The summed E-state index contributed by atoms with van der Waals surface area (Å²) in [5.41, 5.74) is 2.93. The molecular weight excluding hydrogens is 254 g/mol. The standard InChI is InChI=1S/C16H19NO3/c1-10(2)13-6-4-5-7-14(13)17-9-12-8-11(3)15(20-12)16(18)19/h4-8,10,17H,9H2,1-3H3,(H,18,19). The van der Waals surface area contributed by atoms with E-state index < -0.39 is 5.97 Å². The molecule has 20 heavy (non-hydrogen) atoms. The first-order valence-corrected chi connectivity index (χ1v) is 6.64. The Hall–Kier alpha value is -2.23. The van der Waals surface area contributed by atoms with Crippen molar-refractivity contribution in [3.05, 3.63) is 53.0 Å². The van der Waals surface area contributed by atoms with Gasteiger partial charge in [-0.05, 0) is 30.5 Å². The van der Waals surface area contributed by atoms with Gasteiger partial charge in [0.2, 0.25) is 5.76 Å². The molecule has 0 amide bonds. The van der Waals surface area contributed by atoms with Gasteiger partial charge in [0.1, 0.15) is 5.76 Å². The van der Waals surface area contributed by atoms with Crippen LogP contribution in [0.1, 0.15) is 47.2 Å². The predicted octanol–water partition coefficient (Wildman–Crippen LogP) is 4.02. The molecule has 2 rings (SSSR count).